The van der Waals surface area contributed by atoms with Gasteiger partial charge in [-0.05, 0) is 56.7 Å². The summed E-state index contributed by atoms with van der Waals surface area (Å²) in [4.78, 5) is 33.1. The molecule has 0 saturated carbocycles. The zero-order chi connectivity index (χ0) is 21.8. The number of hydrogen-bond donors (Lipinski definition) is 1. The number of thiazole rings is 1. The van der Waals surface area contributed by atoms with Crippen LogP contribution >= 0.6 is 11.3 Å². The van der Waals surface area contributed by atoms with Gasteiger partial charge >= 0.3 is 0 Å². The normalized spacial score (nSPS) is 13.6. The minimum absolute atomic E-state index is 0.0108. The first kappa shape index (κ1) is 21.1. The van der Waals surface area contributed by atoms with Gasteiger partial charge in [0.25, 0.3) is 0 Å². The highest BCUT2D eigenvalue weighted by Crippen LogP contribution is 2.27. The number of nitrogens with one attached hydrogen (secondary N) is 1. The molecular weight excluding hydrogens is 408 g/mol. The molecule has 0 unspecified atom stereocenters. The summed E-state index contributed by atoms with van der Waals surface area (Å²) >= 11 is 1.43. The Bertz CT molecular complexity index is 1050. The molecule has 3 aromatic rings. The quantitative estimate of drug-likeness (QED) is 0.568. The van der Waals surface area contributed by atoms with Crippen molar-refractivity contribution in [3.05, 3.63) is 65.7 Å². The van der Waals surface area contributed by atoms with Crippen molar-refractivity contribution in [1.82, 2.24) is 4.98 Å². The molecule has 0 aliphatic carbocycles. The summed E-state index contributed by atoms with van der Waals surface area (Å²) in [6.07, 6.45) is 1.65. The molecule has 2 heterocycles. The maximum Gasteiger partial charge on any atom is 0.233 e. The number of benzene rings is 2. The van der Waals surface area contributed by atoms with Crippen LogP contribution in [0.15, 0.2) is 60.0 Å². The highest BCUT2D eigenvalue weighted by Gasteiger charge is 2.25. The predicted octanol–water partition coefficient (Wildman–Crippen LogP) is 5.00. The van der Waals surface area contributed by atoms with Gasteiger partial charge in [0.1, 0.15) is 0 Å². The molecule has 1 aliphatic heterocycles. The Labute approximate surface area is 186 Å². The van der Waals surface area contributed by atoms with Crippen molar-refractivity contribution in [3.63, 3.8) is 0 Å². The average Bonchev–Trinajstić information content (AvgIpc) is 3.38. The SMILES string of the molecule is CC(C)N(C(=O)Cc1csc(N2CCCC2=O)n1)c1ccc(Nc2ccccc2)cc1. The Morgan fingerprint density at radius 2 is 1.84 bits per heavy atom. The third-order valence-corrected chi connectivity index (χ3v) is 6.08. The van der Waals surface area contributed by atoms with Gasteiger partial charge in [-0.15, -0.1) is 11.3 Å². The second-order valence-electron chi connectivity index (χ2n) is 7.84. The third kappa shape index (κ3) is 4.94. The van der Waals surface area contributed by atoms with Crippen LogP contribution in [-0.4, -0.2) is 29.4 Å². The number of carbonyl (C=O) groups excluding carboxylic acids is 2. The number of carbonyl (C=O) groups is 2. The molecule has 2 aromatic carbocycles. The van der Waals surface area contributed by atoms with Crippen LogP contribution in [0.2, 0.25) is 0 Å². The lowest BCUT2D eigenvalue weighted by atomic mass is 10.2. The van der Waals surface area contributed by atoms with Gasteiger partial charge in [0, 0.05) is 41.4 Å². The van der Waals surface area contributed by atoms with E-state index in [9.17, 15) is 9.59 Å². The smallest absolute Gasteiger partial charge is 0.233 e. The van der Waals surface area contributed by atoms with Crippen LogP contribution in [0.1, 0.15) is 32.4 Å². The first-order valence-corrected chi connectivity index (χ1v) is 11.4. The fourth-order valence-corrected chi connectivity index (χ4v) is 4.58. The summed E-state index contributed by atoms with van der Waals surface area (Å²) in [5.41, 5.74) is 3.54. The zero-order valence-corrected chi connectivity index (χ0v) is 18.6. The fourth-order valence-electron chi connectivity index (χ4n) is 3.72. The Morgan fingerprint density at radius 1 is 1.13 bits per heavy atom. The van der Waals surface area contributed by atoms with E-state index in [1.807, 2.05) is 73.8 Å². The van der Waals surface area contributed by atoms with E-state index in [2.05, 4.69) is 10.3 Å². The van der Waals surface area contributed by atoms with E-state index in [1.165, 1.54) is 11.3 Å². The molecule has 2 amide bonds. The summed E-state index contributed by atoms with van der Waals surface area (Å²) in [5, 5.41) is 5.93. The largest absolute Gasteiger partial charge is 0.356 e. The number of hydrogen-bond acceptors (Lipinski definition) is 5. The van der Waals surface area contributed by atoms with Crippen molar-refractivity contribution in [1.29, 1.82) is 0 Å². The topological polar surface area (TPSA) is 65.5 Å². The molecule has 1 fully saturated rings. The molecule has 4 rings (SSSR count). The zero-order valence-electron chi connectivity index (χ0n) is 17.7. The second kappa shape index (κ2) is 9.31. The molecule has 7 heteroatoms. The van der Waals surface area contributed by atoms with Gasteiger partial charge in [0.2, 0.25) is 11.8 Å². The van der Waals surface area contributed by atoms with Crippen LogP contribution in [0.4, 0.5) is 22.2 Å². The lowest BCUT2D eigenvalue weighted by Crippen LogP contribution is -2.38. The van der Waals surface area contributed by atoms with Crippen molar-refractivity contribution in [2.45, 2.75) is 39.2 Å². The molecule has 160 valence electrons. The van der Waals surface area contributed by atoms with Crippen LogP contribution in [0.5, 0.6) is 0 Å². The summed E-state index contributed by atoms with van der Waals surface area (Å²) in [6, 6.07) is 17.9. The minimum atomic E-state index is -0.0108. The Balaban J connectivity index is 1.45. The number of para-hydroxylation sites is 1. The van der Waals surface area contributed by atoms with Crippen LogP contribution in [-0.2, 0) is 16.0 Å². The molecule has 0 bridgehead atoms. The van der Waals surface area contributed by atoms with Gasteiger partial charge in [-0.25, -0.2) is 4.98 Å². The molecule has 0 atom stereocenters. The second-order valence-corrected chi connectivity index (χ2v) is 8.68. The highest BCUT2D eigenvalue weighted by atomic mass is 32.1. The van der Waals surface area contributed by atoms with E-state index in [0.29, 0.717) is 23.8 Å². The molecule has 1 aliphatic rings. The summed E-state index contributed by atoms with van der Waals surface area (Å²) in [6.45, 7) is 4.72. The van der Waals surface area contributed by atoms with Gasteiger partial charge in [-0.3, -0.25) is 14.5 Å². The van der Waals surface area contributed by atoms with Gasteiger partial charge in [-0.1, -0.05) is 18.2 Å². The third-order valence-electron chi connectivity index (χ3n) is 5.17. The molecule has 1 saturated heterocycles. The first-order valence-electron chi connectivity index (χ1n) is 10.5. The van der Waals surface area contributed by atoms with Crippen molar-refractivity contribution < 1.29 is 9.59 Å². The first-order chi connectivity index (χ1) is 15.0. The molecule has 1 N–H and O–H groups in total. The number of nitrogens with zero attached hydrogens (tertiary/aromatic N) is 3. The highest BCUT2D eigenvalue weighted by molar-refractivity contribution is 7.14. The maximum absolute atomic E-state index is 13.1. The average molecular weight is 435 g/mol. The number of rotatable bonds is 7. The van der Waals surface area contributed by atoms with E-state index in [-0.39, 0.29) is 24.3 Å². The summed E-state index contributed by atoms with van der Waals surface area (Å²) in [7, 11) is 0. The van der Waals surface area contributed by atoms with E-state index < -0.39 is 0 Å². The van der Waals surface area contributed by atoms with Crippen molar-refractivity contribution >= 4 is 45.3 Å². The van der Waals surface area contributed by atoms with E-state index >= 15 is 0 Å². The maximum atomic E-state index is 13.1. The monoisotopic (exact) mass is 434 g/mol. The van der Waals surface area contributed by atoms with Gasteiger partial charge < -0.3 is 10.2 Å². The molecule has 0 radical (unpaired) electrons. The summed E-state index contributed by atoms with van der Waals surface area (Å²) in [5.74, 6) is 0.101. The van der Waals surface area contributed by atoms with Crippen molar-refractivity contribution in [2.24, 2.45) is 0 Å². The summed E-state index contributed by atoms with van der Waals surface area (Å²) < 4.78 is 0. The molecule has 6 nitrogen and oxygen atoms in total. The van der Waals surface area contributed by atoms with E-state index in [4.69, 9.17) is 0 Å². The van der Waals surface area contributed by atoms with Gasteiger partial charge in [-0.2, -0.15) is 0 Å². The Morgan fingerprint density at radius 3 is 2.48 bits per heavy atom. The van der Waals surface area contributed by atoms with Crippen molar-refractivity contribution in [2.75, 3.05) is 21.7 Å². The Hall–Kier alpha value is -3.19. The van der Waals surface area contributed by atoms with Crippen LogP contribution in [0, 0.1) is 0 Å². The Kier molecular flexibility index (Phi) is 6.32. The number of anilines is 4. The predicted molar refractivity (Wildman–Crippen MR) is 126 cm³/mol. The standard InChI is InChI=1S/C24H26N4O2S/c1-17(2)28(21-12-10-19(11-13-21)25-18-7-4-3-5-8-18)23(30)15-20-16-31-24(26-20)27-14-6-9-22(27)29/h3-5,7-8,10-13,16-17,25H,6,9,14-15H2,1-2H3. The van der Waals surface area contributed by atoms with Crippen LogP contribution in [0.25, 0.3) is 0 Å². The molecule has 31 heavy (non-hydrogen) atoms. The van der Waals surface area contributed by atoms with Gasteiger partial charge in [0.05, 0.1) is 12.1 Å². The van der Waals surface area contributed by atoms with E-state index in [1.54, 1.807) is 9.80 Å². The van der Waals surface area contributed by atoms with Gasteiger partial charge in [0.15, 0.2) is 5.13 Å². The number of amides is 2. The van der Waals surface area contributed by atoms with Crippen LogP contribution in [0.3, 0.4) is 0 Å². The molecule has 1 aromatic heterocycles. The van der Waals surface area contributed by atoms with E-state index in [0.717, 1.165) is 23.5 Å². The number of aromatic nitrogens is 1. The lowest BCUT2D eigenvalue weighted by Gasteiger charge is -2.27. The minimum Gasteiger partial charge on any atom is -0.356 e. The van der Waals surface area contributed by atoms with Crippen LogP contribution < -0.4 is 15.1 Å². The lowest BCUT2D eigenvalue weighted by molar-refractivity contribution is -0.118. The molecule has 0 spiro atoms. The van der Waals surface area contributed by atoms with Crippen molar-refractivity contribution in [3.8, 4) is 0 Å². The fraction of sp³-hybridized carbons (Fsp3) is 0.292. The molecular formula is C24H26N4O2S.